The molecular formula is C46H42Cl2O8P2. The summed E-state index contributed by atoms with van der Waals surface area (Å²) in [4.78, 5) is 26.5. The van der Waals surface area contributed by atoms with E-state index in [9.17, 15) is 9.59 Å². The van der Waals surface area contributed by atoms with E-state index in [1.807, 2.05) is 24.3 Å². The zero-order chi connectivity index (χ0) is 41.5. The molecule has 0 saturated carbocycles. The second kappa shape index (κ2) is 18.7. The summed E-state index contributed by atoms with van der Waals surface area (Å²) >= 11 is 14.3. The summed E-state index contributed by atoms with van der Waals surface area (Å²) in [5, 5.41) is 2.36. The first-order chi connectivity index (χ1) is 28.0. The summed E-state index contributed by atoms with van der Waals surface area (Å²) in [5.41, 5.74) is 0.186. The molecule has 0 N–H and O–H groups in total. The van der Waals surface area contributed by atoms with Crippen molar-refractivity contribution in [2.45, 2.75) is 39.9 Å². The van der Waals surface area contributed by atoms with Crippen molar-refractivity contribution >= 4 is 81.3 Å². The van der Waals surface area contributed by atoms with Crippen LogP contribution in [-0.4, -0.2) is 37.4 Å². The van der Waals surface area contributed by atoms with Gasteiger partial charge in [0, 0.05) is 43.0 Å². The zero-order valence-corrected chi connectivity index (χ0v) is 35.6. The van der Waals surface area contributed by atoms with E-state index < -0.39 is 38.4 Å². The topological polar surface area (TPSA) is 105 Å². The fourth-order valence-corrected chi connectivity index (χ4v) is 12.8. The number of carbonyl (C=O) groups excluding carboxylic acids is 2. The summed E-state index contributed by atoms with van der Waals surface area (Å²) in [6.45, 7) is 6.55. The Balaban J connectivity index is 1.86. The van der Waals surface area contributed by atoms with Crippen LogP contribution in [0.1, 0.15) is 27.7 Å². The molecule has 0 amide bonds. The molecule has 298 valence electrons. The van der Waals surface area contributed by atoms with Crippen molar-refractivity contribution in [3.8, 4) is 22.6 Å². The number of ether oxygens (including phenoxy) is 4. The molecule has 0 aliphatic rings. The van der Waals surface area contributed by atoms with Gasteiger partial charge in [-0.3, -0.25) is 0 Å². The van der Waals surface area contributed by atoms with Crippen LogP contribution in [0.2, 0.25) is 10.0 Å². The molecule has 0 bridgehead atoms. The molecule has 0 fully saturated rings. The van der Waals surface area contributed by atoms with Gasteiger partial charge in [0.1, 0.15) is 11.5 Å². The maximum atomic E-state index is 16.5. The molecule has 6 aromatic rings. The summed E-state index contributed by atoms with van der Waals surface area (Å²) in [7, 11) is -7.91. The molecular weight excluding hydrogens is 813 g/mol. The Morgan fingerprint density at radius 1 is 0.483 bits per heavy atom. The van der Waals surface area contributed by atoms with Crippen LogP contribution in [0.15, 0.2) is 146 Å². The van der Waals surface area contributed by atoms with Crippen LogP contribution in [0.4, 0.5) is 0 Å². The van der Waals surface area contributed by atoms with Gasteiger partial charge in [-0.1, -0.05) is 145 Å². The average Bonchev–Trinajstić information content (AvgIpc) is 3.25. The van der Waals surface area contributed by atoms with Crippen LogP contribution in [0.25, 0.3) is 11.1 Å². The number of esters is 2. The number of hydrogen-bond acceptors (Lipinski definition) is 8. The number of benzene rings is 6. The molecule has 0 spiro atoms. The van der Waals surface area contributed by atoms with Crippen molar-refractivity contribution in [3.05, 3.63) is 156 Å². The molecule has 0 heterocycles. The minimum atomic E-state index is -3.96. The molecule has 0 radical (unpaired) electrons. The van der Waals surface area contributed by atoms with Crippen LogP contribution in [0, 0.1) is 0 Å². The third kappa shape index (κ3) is 8.39. The second-order valence-corrected chi connectivity index (χ2v) is 19.4. The SMILES string of the molecule is CCOC(=O)C(C)Oc1c(Cl)ccc(P(=O)(c2ccccc2)c2ccccc2)c1-c1c(P(=O)(c2ccccc2)c2ccccc2)ccc(Cl)c1OC(C)C(=O)OCC. The van der Waals surface area contributed by atoms with Gasteiger partial charge in [-0.05, 0) is 52.0 Å². The summed E-state index contributed by atoms with van der Waals surface area (Å²) in [6, 6.07) is 42.2. The van der Waals surface area contributed by atoms with Crippen LogP contribution in [-0.2, 0) is 28.2 Å². The van der Waals surface area contributed by atoms with Crippen molar-refractivity contribution in [1.29, 1.82) is 0 Å². The molecule has 2 unspecified atom stereocenters. The van der Waals surface area contributed by atoms with Crippen LogP contribution < -0.4 is 41.3 Å². The molecule has 0 aliphatic carbocycles. The smallest absolute Gasteiger partial charge is 0.347 e. The van der Waals surface area contributed by atoms with Gasteiger partial charge in [0.2, 0.25) is 0 Å². The Hall–Kier alpha value is -5.10. The lowest BCUT2D eigenvalue weighted by Gasteiger charge is -2.30. The Morgan fingerprint density at radius 2 is 0.759 bits per heavy atom. The van der Waals surface area contributed by atoms with Crippen molar-refractivity contribution in [2.75, 3.05) is 13.2 Å². The van der Waals surface area contributed by atoms with Gasteiger partial charge < -0.3 is 28.1 Å². The van der Waals surface area contributed by atoms with Gasteiger partial charge in [-0.2, -0.15) is 0 Å². The molecule has 2 atom stereocenters. The minimum absolute atomic E-state index is 0.0344. The first-order valence-electron chi connectivity index (χ1n) is 18.7. The first-order valence-corrected chi connectivity index (χ1v) is 22.9. The molecule has 0 aliphatic heterocycles. The third-order valence-electron chi connectivity index (χ3n) is 9.41. The zero-order valence-electron chi connectivity index (χ0n) is 32.3. The number of halogens is 2. The lowest BCUT2D eigenvalue weighted by Crippen LogP contribution is -2.32. The van der Waals surface area contributed by atoms with E-state index in [-0.39, 0.29) is 56.5 Å². The van der Waals surface area contributed by atoms with Crippen molar-refractivity contribution in [3.63, 3.8) is 0 Å². The second-order valence-electron chi connectivity index (χ2n) is 13.1. The van der Waals surface area contributed by atoms with Gasteiger partial charge in [-0.25, -0.2) is 9.59 Å². The van der Waals surface area contributed by atoms with E-state index in [4.69, 9.17) is 42.1 Å². The standard InChI is InChI=1S/C46H42Cl2O8P2/c1-5-53-45(49)31(3)55-43-37(47)27-29-39(57(51,33-19-11-7-12-20-33)34-21-13-8-14-22-34)41(43)42-40(30-28-38(48)44(42)56-32(4)46(50)54-6-2)58(52,35-23-15-9-16-24-35)36-25-17-10-18-26-36/h7-32H,5-6H2,1-4H3. The molecule has 12 heteroatoms. The average molecular weight is 856 g/mol. The monoisotopic (exact) mass is 854 g/mol. The Bertz CT molecular complexity index is 2220. The fraction of sp³-hybridized carbons (Fsp3) is 0.174. The highest BCUT2D eigenvalue weighted by Gasteiger charge is 2.41. The third-order valence-corrected chi connectivity index (χ3v) is 16.2. The van der Waals surface area contributed by atoms with Crippen molar-refractivity contribution in [1.82, 2.24) is 0 Å². The van der Waals surface area contributed by atoms with Crippen LogP contribution >= 0.6 is 37.5 Å². The molecule has 8 nitrogen and oxygen atoms in total. The van der Waals surface area contributed by atoms with E-state index in [2.05, 4.69) is 0 Å². The fourth-order valence-electron chi connectivity index (χ4n) is 6.71. The molecule has 0 aromatic heterocycles. The van der Waals surface area contributed by atoms with Gasteiger partial charge in [-0.15, -0.1) is 0 Å². The van der Waals surface area contributed by atoms with E-state index in [1.54, 1.807) is 135 Å². The van der Waals surface area contributed by atoms with Gasteiger partial charge >= 0.3 is 11.9 Å². The highest BCUT2D eigenvalue weighted by Crippen LogP contribution is 2.55. The van der Waals surface area contributed by atoms with Crippen molar-refractivity contribution < 1.29 is 37.7 Å². The number of hydrogen-bond donors (Lipinski definition) is 0. The number of carbonyl (C=O) groups is 2. The molecule has 6 aromatic carbocycles. The minimum Gasteiger partial charge on any atom is -0.477 e. The summed E-state index contributed by atoms with van der Waals surface area (Å²) in [5.74, 6) is -1.50. The Morgan fingerprint density at radius 3 is 1.02 bits per heavy atom. The predicted octanol–water partition coefficient (Wildman–Crippen LogP) is 8.60. The maximum Gasteiger partial charge on any atom is 0.347 e. The van der Waals surface area contributed by atoms with Crippen molar-refractivity contribution in [2.24, 2.45) is 0 Å². The Labute approximate surface area is 348 Å². The predicted molar refractivity (Wildman–Crippen MR) is 234 cm³/mol. The highest BCUT2D eigenvalue weighted by atomic mass is 35.5. The highest BCUT2D eigenvalue weighted by molar-refractivity contribution is 7.86. The number of rotatable bonds is 15. The Kier molecular flexibility index (Phi) is 13.7. The molecule has 58 heavy (non-hydrogen) atoms. The van der Waals surface area contributed by atoms with E-state index in [0.29, 0.717) is 21.2 Å². The lowest BCUT2D eigenvalue weighted by molar-refractivity contribution is -0.151. The largest absolute Gasteiger partial charge is 0.477 e. The van der Waals surface area contributed by atoms with E-state index >= 15 is 9.13 Å². The van der Waals surface area contributed by atoms with Crippen LogP contribution in [0.5, 0.6) is 11.5 Å². The summed E-state index contributed by atoms with van der Waals surface area (Å²) < 4.78 is 56.7. The van der Waals surface area contributed by atoms with Gasteiger partial charge in [0.05, 0.1) is 23.3 Å². The molecule has 0 saturated heterocycles. The summed E-state index contributed by atoms with van der Waals surface area (Å²) in [6.07, 6.45) is -2.44. The van der Waals surface area contributed by atoms with Crippen LogP contribution in [0.3, 0.4) is 0 Å². The van der Waals surface area contributed by atoms with E-state index in [1.165, 1.54) is 13.8 Å². The molecule has 6 rings (SSSR count). The first kappa shape index (κ1) is 42.5. The van der Waals surface area contributed by atoms with E-state index in [0.717, 1.165) is 0 Å². The quantitative estimate of drug-likeness (QED) is 0.0748. The lowest BCUT2D eigenvalue weighted by atomic mass is 10.0. The normalized spacial score (nSPS) is 12.6. The maximum absolute atomic E-state index is 16.5. The van der Waals surface area contributed by atoms with Gasteiger partial charge in [0.25, 0.3) is 0 Å². The van der Waals surface area contributed by atoms with Gasteiger partial charge in [0.15, 0.2) is 26.5 Å².